The van der Waals surface area contributed by atoms with Crippen LogP contribution in [-0.4, -0.2) is 116 Å². The first kappa shape index (κ1) is 46.1. The maximum atomic E-state index is 14.3. The van der Waals surface area contributed by atoms with Gasteiger partial charge >= 0.3 is 18.3 Å². The van der Waals surface area contributed by atoms with Crippen LogP contribution >= 0.6 is 0 Å². The van der Waals surface area contributed by atoms with E-state index in [9.17, 15) is 24.0 Å². The van der Waals surface area contributed by atoms with E-state index in [4.69, 9.17) is 14.2 Å². The number of ether oxygens (including phenoxy) is 3. The summed E-state index contributed by atoms with van der Waals surface area (Å²) in [6.07, 6.45) is -0.296. The summed E-state index contributed by atoms with van der Waals surface area (Å²) in [7, 11) is 4.79. The monoisotopic (exact) mass is 859 g/mol. The molecular formula is C50H61N5O8. The molecule has 6 rings (SSSR count). The molecule has 0 radical (unpaired) electrons. The number of nitrogens with one attached hydrogen (secondary N) is 2. The molecule has 13 heteroatoms. The second-order valence-corrected chi connectivity index (χ2v) is 17.3. The van der Waals surface area contributed by atoms with Gasteiger partial charge in [0.15, 0.2) is 0 Å². The molecule has 0 saturated heterocycles. The van der Waals surface area contributed by atoms with Gasteiger partial charge in [0.2, 0.25) is 11.8 Å². The maximum absolute atomic E-state index is 14.3. The van der Waals surface area contributed by atoms with Gasteiger partial charge in [-0.3, -0.25) is 9.59 Å². The minimum atomic E-state index is -1.02. The number of benzene rings is 4. The Morgan fingerprint density at radius 1 is 0.619 bits per heavy atom. The summed E-state index contributed by atoms with van der Waals surface area (Å²) in [5.41, 5.74) is 8.21. The number of carbonyl (C=O) groups is 5. The van der Waals surface area contributed by atoms with Gasteiger partial charge in [0.05, 0.1) is 0 Å². The highest BCUT2D eigenvalue weighted by Crippen LogP contribution is 2.45. The van der Waals surface area contributed by atoms with Gasteiger partial charge < -0.3 is 39.5 Å². The first-order valence-electron chi connectivity index (χ1n) is 21.8. The number of rotatable bonds is 17. The third kappa shape index (κ3) is 11.2. The molecule has 0 unspecified atom stereocenters. The summed E-state index contributed by atoms with van der Waals surface area (Å²) in [6, 6.07) is 30.5. The van der Waals surface area contributed by atoms with Gasteiger partial charge in [0.25, 0.3) is 0 Å². The van der Waals surface area contributed by atoms with Crippen LogP contribution in [-0.2, 0) is 23.8 Å². The average Bonchev–Trinajstić information content (AvgIpc) is 3.77. The van der Waals surface area contributed by atoms with Crippen molar-refractivity contribution >= 4 is 30.1 Å². The van der Waals surface area contributed by atoms with E-state index in [1.807, 2.05) is 67.6 Å². The SMILES string of the molecule is CC[C@@H](C(=O)N(C)CCN(C)C(=O)OC(C)(C)C)N(C)C(=O)[C@H](CCCCNC(=O)OCC1c2ccccc2-c2ccccc21)NC(=O)OCC1c2ccccc2-c2ccccc21. The molecule has 0 bridgehead atoms. The lowest BCUT2D eigenvalue weighted by atomic mass is 9.98. The van der Waals surface area contributed by atoms with Crippen LogP contribution in [0.1, 0.15) is 87.5 Å². The Morgan fingerprint density at radius 3 is 1.52 bits per heavy atom. The first-order chi connectivity index (χ1) is 30.2. The topological polar surface area (TPSA) is 147 Å². The lowest BCUT2D eigenvalue weighted by molar-refractivity contribution is -0.145. The molecular weight excluding hydrogens is 799 g/mol. The molecule has 4 aromatic carbocycles. The minimum Gasteiger partial charge on any atom is -0.449 e. The van der Waals surface area contributed by atoms with Gasteiger partial charge in [-0.1, -0.05) is 104 Å². The molecule has 0 heterocycles. The molecule has 2 N–H and O–H groups in total. The summed E-state index contributed by atoms with van der Waals surface area (Å²) in [5, 5.41) is 5.64. The molecule has 334 valence electrons. The van der Waals surface area contributed by atoms with Crippen LogP contribution in [0.15, 0.2) is 97.1 Å². The van der Waals surface area contributed by atoms with E-state index in [0.717, 1.165) is 44.5 Å². The zero-order valence-electron chi connectivity index (χ0n) is 37.5. The Bertz CT molecular complexity index is 2180. The van der Waals surface area contributed by atoms with E-state index >= 15 is 0 Å². The highest BCUT2D eigenvalue weighted by atomic mass is 16.6. The van der Waals surface area contributed by atoms with E-state index in [1.165, 1.54) is 14.7 Å². The third-order valence-corrected chi connectivity index (χ3v) is 11.8. The van der Waals surface area contributed by atoms with Crippen LogP contribution in [0.3, 0.4) is 0 Å². The molecule has 2 aliphatic rings. The fourth-order valence-electron chi connectivity index (χ4n) is 8.46. The van der Waals surface area contributed by atoms with Gasteiger partial charge in [0.1, 0.15) is 30.9 Å². The number of fused-ring (bicyclic) bond motifs is 6. The Morgan fingerprint density at radius 2 is 1.06 bits per heavy atom. The summed E-state index contributed by atoms with van der Waals surface area (Å²) in [5.74, 6) is -0.991. The van der Waals surface area contributed by atoms with Gasteiger partial charge in [-0.05, 0) is 91.0 Å². The number of unbranched alkanes of at least 4 members (excludes halogenated alkanes) is 1. The highest BCUT2D eigenvalue weighted by Gasteiger charge is 2.35. The molecule has 0 aromatic heterocycles. The Hall–Kier alpha value is -6.37. The van der Waals surface area contributed by atoms with Gasteiger partial charge in [-0.15, -0.1) is 0 Å². The zero-order chi connectivity index (χ0) is 45.3. The van der Waals surface area contributed by atoms with Crippen LogP contribution in [0, 0.1) is 0 Å². The van der Waals surface area contributed by atoms with Crippen LogP contribution in [0.25, 0.3) is 22.3 Å². The second kappa shape index (κ2) is 20.7. The van der Waals surface area contributed by atoms with E-state index in [-0.39, 0.29) is 57.0 Å². The largest absolute Gasteiger partial charge is 0.449 e. The average molecular weight is 860 g/mol. The Kier molecular flexibility index (Phi) is 15.1. The van der Waals surface area contributed by atoms with E-state index in [2.05, 4.69) is 47.0 Å². The van der Waals surface area contributed by atoms with Crippen LogP contribution < -0.4 is 10.6 Å². The number of nitrogens with zero attached hydrogens (tertiary/aromatic N) is 3. The van der Waals surface area contributed by atoms with Gasteiger partial charge in [-0.2, -0.15) is 0 Å². The molecule has 13 nitrogen and oxygen atoms in total. The number of hydrogen-bond donors (Lipinski definition) is 2. The number of hydrogen-bond acceptors (Lipinski definition) is 8. The fourth-order valence-corrected chi connectivity index (χ4v) is 8.46. The molecule has 0 aliphatic heterocycles. The molecule has 4 aromatic rings. The molecule has 0 spiro atoms. The van der Waals surface area contributed by atoms with Gasteiger partial charge in [0, 0.05) is 52.6 Å². The van der Waals surface area contributed by atoms with Crippen molar-refractivity contribution in [2.45, 2.75) is 82.9 Å². The van der Waals surface area contributed by atoms with Gasteiger partial charge in [-0.25, -0.2) is 14.4 Å². The normalized spacial score (nSPS) is 13.6. The van der Waals surface area contributed by atoms with Crippen molar-refractivity contribution < 1.29 is 38.2 Å². The van der Waals surface area contributed by atoms with Crippen molar-refractivity contribution in [3.63, 3.8) is 0 Å². The van der Waals surface area contributed by atoms with Crippen molar-refractivity contribution in [1.29, 1.82) is 0 Å². The van der Waals surface area contributed by atoms with Crippen LogP contribution in [0.4, 0.5) is 14.4 Å². The smallest absolute Gasteiger partial charge is 0.410 e. The molecule has 2 atom stereocenters. The third-order valence-electron chi connectivity index (χ3n) is 11.8. The van der Waals surface area contributed by atoms with E-state index in [0.29, 0.717) is 19.3 Å². The van der Waals surface area contributed by atoms with E-state index in [1.54, 1.807) is 41.9 Å². The molecule has 63 heavy (non-hydrogen) atoms. The number of amides is 5. The number of carbonyl (C=O) groups excluding carboxylic acids is 5. The Labute approximate surface area is 371 Å². The molecule has 2 aliphatic carbocycles. The van der Waals surface area contributed by atoms with Crippen molar-refractivity contribution in [2.24, 2.45) is 0 Å². The summed E-state index contributed by atoms with van der Waals surface area (Å²) >= 11 is 0. The fraction of sp³-hybridized carbons (Fsp3) is 0.420. The van der Waals surface area contributed by atoms with Crippen molar-refractivity contribution in [3.8, 4) is 22.3 Å². The maximum Gasteiger partial charge on any atom is 0.410 e. The summed E-state index contributed by atoms with van der Waals surface area (Å²) < 4.78 is 17.0. The van der Waals surface area contributed by atoms with Crippen molar-refractivity contribution in [1.82, 2.24) is 25.3 Å². The minimum absolute atomic E-state index is 0.0620. The molecule has 0 saturated carbocycles. The lowest BCUT2D eigenvalue weighted by Gasteiger charge is -2.33. The quantitative estimate of drug-likeness (QED) is 0.0799. The first-order valence-corrected chi connectivity index (χ1v) is 21.8. The van der Waals surface area contributed by atoms with Crippen molar-refractivity contribution in [3.05, 3.63) is 119 Å². The zero-order valence-corrected chi connectivity index (χ0v) is 37.5. The van der Waals surface area contributed by atoms with E-state index < -0.39 is 41.9 Å². The molecule has 5 amide bonds. The number of likely N-dealkylation sites (N-methyl/N-ethyl adjacent to an activating group) is 3. The predicted molar refractivity (Wildman–Crippen MR) is 242 cm³/mol. The number of alkyl carbamates (subject to hydrolysis) is 2. The predicted octanol–water partition coefficient (Wildman–Crippen LogP) is 8.17. The van der Waals surface area contributed by atoms with Crippen molar-refractivity contribution in [2.75, 3.05) is 54.0 Å². The highest BCUT2D eigenvalue weighted by molar-refractivity contribution is 5.91. The lowest BCUT2D eigenvalue weighted by Crippen LogP contribution is -2.55. The second-order valence-electron chi connectivity index (χ2n) is 17.3. The standard InChI is InChI=1S/C50H61N5O8/c1-8-44(46(57)53(5)29-30-54(6)49(60)63-50(2,3)4)55(7)45(56)43(52-48(59)62-32-42-39-25-15-11-21-35(39)36-22-12-16-26-40(36)42)27-17-18-28-51-47(58)61-31-41-37-23-13-9-19-33(37)34-20-10-14-24-38(34)41/h9-16,19-26,41-44H,8,17-18,27-32H2,1-7H3,(H,51,58)(H,52,59)/t43-,44-/m0/s1. The molecule has 0 fully saturated rings. The Balaban J connectivity index is 1.06. The van der Waals surface area contributed by atoms with Crippen LogP contribution in [0.5, 0.6) is 0 Å². The summed E-state index contributed by atoms with van der Waals surface area (Å²) in [4.78, 5) is 71.2. The van der Waals surface area contributed by atoms with Crippen LogP contribution in [0.2, 0.25) is 0 Å². The summed E-state index contributed by atoms with van der Waals surface area (Å²) in [6.45, 7) is 8.16.